The van der Waals surface area contributed by atoms with Crippen molar-refractivity contribution in [3.63, 3.8) is 0 Å². The molecule has 5 heteroatoms. The van der Waals surface area contributed by atoms with Gasteiger partial charge in [0, 0.05) is 36.8 Å². The number of pyridine rings is 1. The lowest BCUT2D eigenvalue weighted by Crippen LogP contribution is -2.27. The normalized spacial score (nSPS) is 12.2. The van der Waals surface area contributed by atoms with Gasteiger partial charge in [-0.15, -0.1) is 11.6 Å². The first-order valence-electron chi connectivity index (χ1n) is 5.09. The van der Waals surface area contributed by atoms with E-state index in [9.17, 15) is 9.59 Å². The van der Waals surface area contributed by atoms with Gasteiger partial charge >= 0.3 is 0 Å². The summed E-state index contributed by atoms with van der Waals surface area (Å²) in [6, 6.07) is 2.93. The van der Waals surface area contributed by atoms with Gasteiger partial charge in [0.2, 0.25) is 0 Å². The zero-order valence-corrected chi connectivity index (χ0v) is 10.1. The molecule has 1 aromatic heterocycles. The summed E-state index contributed by atoms with van der Waals surface area (Å²) in [6.07, 6.45) is 2.28. The number of halogens is 1. The fourth-order valence-electron chi connectivity index (χ4n) is 1.18. The van der Waals surface area contributed by atoms with Gasteiger partial charge in [-0.25, -0.2) is 0 Å². The summed E-state index contributed by atoms with van der Waals surface area (Å²) in [6.45, 7) is 2.38. The second kappa shape index (κ2) is 5.70. The van der Waals surface area contributed by atoms with Crippen molar-refractivity contribution in [2.45, 2.75) is 18.7 Å². The highest BCUT2D eigenvalue weighted by atomic mass is 35.5. The third-order valence-electron chi connectivity index (χ3n) is 2.19. The summed E-state index contributed by atoms with van der Waals surface area (Å²) in [4.78, 5) is 22.9. The quantitative estimate of drug-likeness (QED) is 0.805. The molecule has 0 spiro atoms. The van der Waals surface area contributed by atoms with Crippen LogP contribution in [0.1, 0.15) is 23.7 Å². The van der Waals surface area contributed by atoms with Crippen LogP contribution in [0.5, 0.6) is 0 Å². The van der Waals surface area contributed by atoms with Crippen LogP contribution in [0.3, 0.4) is 0 Å². The molecule has 0 fully saturated rings. The minimum Gasteiger partial charge on any atom is -0.352 e. The van der Waals surface area contributed by atoms with Crippen molar-refractivity contribution in [1.29, 1.82) is 0 Å². The number of carbonyl (C=O) groups is 1. The Morgan fingerprint density at radius 1 is 1.62 bits per heavy atom. The number of carbonyl (C=O) groups excluding carboxylic acids is 1. The predicted octanol–water partition coefficient (Wildman–Crippen LogP) is 1.13. The Bertz CT molecular complexity index is 426. The molecular weight excluding hydrogens is 228 g/mol. The highest BCUT2D eigenvalue weighted by Crippen LogP contribution is 1.99. The molecule has 0 aromatic carbocycles. The van der Waals surface area contributed by atoms with E-state index in [0.29, 0.717) is 18.5 Å². The second-order valence-electron chi connectivity index (χ2n) is 3.69. The lowest BCUT2D eigenvalue weighted by molar-refractivity contribution is 0.0953. The molecular formula is C11H15ClN2O2. The van der Waals surface area contributed by atoms with Crippen molar-refractivity contribution in [1.82, 2.24) is 9.88 Å². The zero-order chi connectivity index (χ0) is 12.1. The van der Waals surface area contributed by atoms with E-state index in [4.69, 9.17) is 11.6 Å². The van der Waals surface area contributed by atoms with Crippen molar-refractivity contribution in [3.8, 4) is 0 Å². The van der Waals surface area contributed by atoms with Crippen molar-refractivity contribution >= 4 is 17.5 Å². The number of aryl methyl sites for hydroxylation is 1. The van der Waals surface area contributed by atoms with E-state index < -0.39 is 0 Å². The summed E-state index contributed by atoms with van der Waals surface area (Å²) < 4.78 is 1.41. The standard InChI is InChI=1S/C11H15ClN2O2/c1-8(12)3-5-13-11(16)9-4-6-14(2)10(15)7-9/h4,6-8H,3,5H2,1-2H3,(H,13,16). The molecule has 1 amide bonds. The first-order valence-corrected chi connectivity index (χ1v) is 5.53. The molecule has 0 saturated carbocycles. The number of hydrogen-bond donors (Lipinski definition) is 1. The monoisotopic (exact) mass is 242 g/mol. The summed E-state index contributed by atoms with van der Waals surface area (Å²) in [5.41, 5.74) is 0.184. The molecule has 1 N–H and O–H groups in total. The van der Waals surface area contributed by atoms with Gasteiger partial charge in [0.15, 0.2) is 0 Å². The average molecular weight is 243 g/mol. The van der Waals surface area contributed by atoms with Crippen molar-refractivity contribution in [3.05, 3.63) is 34.2 Å². The van der Waals surface area contributed by atoms with Gasteiger partial charge < -0.3 is 9.88 Å². The number of amides is 1. The highest BCUT2D eigenvalue weighted by Gasteiger charge is 2.06. The van der Waals surface area contributed by atoms with E-state index in [1.807, 2.05) is 6.92 Å². The van der Waals surface area contributed by atoms with Crippen LogP contribution in [0.25, 0.3) is 0 Å². The number of rotatable bonds is 4. The number of nitrogens with zero attached hydrogens (tertiary/aromatic N) is 1. The molecule has 1 unspecified atom stereocenters. The highest BCUT2D eigenvalue weighted by molar-refractivity contribution is 6.20. The lowest BCUT2D eigenvalue weighted by atomic mass is 10.2. The second-order valence-corrected chi connectivity index (χ2v) is 4.43. The lowest BCUT2D eigenvalue weighted by Gasteiger charge is -2.06. The van der Waals surface area contributed by atoms with Crippen LogP contribution in [0.2, 0.25) is 0 Å². The zero-order valence-electron chi connectivity index (χ0n) is 9.37. The SMILES string of the molecule is CC(Cl)CCNC(=O)c1ccn(C)c(=O)c1. The maximum atomic E-state index is 11.6. The molecule has 4 nitrogen and oxygen atoms in total. The predicted molar refractivity (Wildman–Crippen MR) is 63.9 cm³/mol. The molecule has 0 saturated heterocycles. The van der Waals surface area contributed by atoms with Gasteiger partial charge in [-0.2, -0.15) is 0 Å². The molecule has 1 rings (SSSR count). The Morgan fingerprint density at radius 2 is 2.31 bits per heavy atom. The van der Waals surface area contributed by atoms with E-state index in [1.54, 1.807) is 19.3 Å². The Balaban J connectivity index is 2.60. The smallest absolute Gasteiger partial charge is 0.251 e. The van der Waals surface area contributed by atoms with E-state index >= 15 is 0 Å². The molecule has 16 heavy (non-hydrogen) atoms. The number of hydrogen-bond acceptors (Lipinski definition) is 2. The molecule has 0 aliphatic carbocycles. The largest absolute Gasteiger partial charge is 0.352 e. The number of nitrogens with one attached hydrogen (secondary N) is 1. The molecule has 88 valence electrons. The fraction of sp³-hybridized carbons (Fsp3) is 0.455. The minimum atomic E-state index is -0.241. The average Bonchev–Trinajstić information content (AvgIpc) is 2.21. The number of aromatic nitrogens is 1. The molecule has 1 heterocycles. The van der Waals surface area contributed by atoms with Crippen LogP contribution in [-0.4, -0.2) is 22.4 Å². The third-order valence-corrected chi connectivity index (χ3v) is 2.41. The van der Waals surface area contributed by atoms with Crippen LogP contribution in [0.4, 0.5) is 0 Å². The van der Waals surface area contributed by atoms with E-state index in [0.717, 1.165) is 0 Å². The van der Waals surface area contributed by atoms with E-state index in [2.05, 4.69) is 5.32 Å². The molecule has 0 bridgehead atoms. The molecule has 1 aromatic rings. The first-order chi connectivity index (χ1) is 7.50. The molecule has 1 atom stereocenters. The fourth-order valence-corrected chi connectivity index (χ4v) is 1.29. The maximum absolute atomic E-state index is 11.6. The maximum Gasteiger partial charge on any atom is 0.251 e. The first kappa shape index (κ1) is 12.8. The van der Waals surface area contributed by atoms with Crippen molar-refractivity contribution in [2.24, 2.45) is 7.05 Å². The van der Waals surface area contributed by atoms with Crippen LogP contribution >= 0.6 is 11.6 Å². The van der Waals surface area contributed by atoms with Gasteiger partial charge in [0.25, 0.3) is 11.5 Å². The van der Waals surface area contributed by atoms with E-state index in [1.165, 1.54) is 10.6 Å². The Labute approximate surface area is 99.2 Å². The summed E-state index contributed by atoms with van der Waals surface area (Å²) in [5, 5.41) is 2.74. The van der Waals surface area contributed by atoms with Crippen LogP contribution < -0.4 is 10.9 Å². The molecule has 0 aliphatic rings. The van der Waals surface area contributed by atoms with Gasteiger partial charge in [-0.05, 0) is 19.4 Å². The van der Waals surface area contributed by atoms with Gasteiger partial charge in [-0.1, -0.05) is 0 Å². The third kappa shape index (κ3) is 3.70. The van der Waals surface area contributed by atoms with Gasteiger partial charge in [0.1, 0.15) is 0 Å². The van der Waals surface area contributed by atoms with Gasteiger partial charge in [-0.3, -0.25) is 9.59 Å². The summed E-state index contributed by atoms with van der Waals surface area (Å²) >= 11 is 5.75. The Kier molecular flexibility index (Phi) is 4.55. The summed E-state index contributed by atoms with van der Waals surface area (Å²) in [7, 11) is 1.64. The van der Waals surface area contributed by atoms with Crippen molar-refractivity contribution in [2.75, 3.05) is 6.54 Å². The van der Waals surface area contributed by atoms with Gasteiger partial charge in [0.05, 0.1) is 0 Å². The number of alkyl halides is 1. The van der Waals surface area contributed by atoms with E-state index in [-0.39, 0.29) is 16.8 Å². The minimum absolute atomic E-state index is 0.0314. The Morgan fingerprint density at radius 3 is 2.88 bits per heavy atom. The van der Waals surface area contributed by atoms with Crippen LogP contribution in [0, 0.1) is 0 Å². The Hall–Kier alpha value is -1.29. The van der Waals surface area contributed by atoms with Crippen LogP contribution in [0.15, 0.2) is 23.1 Å². The topological polar surface area (TPSA) is 51.1 Å². The van der Waals surface area contributed by atoms with Crippen molar-refractivity contribution < 1.29 is 4.79 Å². The van der Waals surface area contributed by atoms with Crippen LogP contribution in [-0.2, 0) is 7.05 Å². The molecule has 0 aliphatic heterocycles. The molecule has 0 radical (unpaired) electrons. The summed E-state index contributed by atoms with van der Waals surface area (Å²) in [5.74, 6) is -0.241.